The van der Waals surface area contributed by atoms with Gasteiger partial charge in [-0.1, -0.05) is 11.6 Å². The molecule has 2 rings (SSSR count). The molecule has 0 saturated heterocycles. The van der Waals surface area contributed by atoms with Gasteiger partial charge in [0.1, 0.15) is 11.6 Å². The fourth-order valence-electron chi connectivity index (χ4n) is 1.40. The van der Waals surface area contributed by atoms with E-state index >= 15 is 0 Å². The summed E-state index contributed by atoms with van der Waals surface area (Å²) in [5.74, 6) is -1.01. The Morgan fingerprint density at radius 2 is 1.83 bits per heavy atom. The molecule has 0 radical (unpaired) electrons. The van der Waals surface area contributed by atoms with E-state index < -0.39 is 11.6 Å². The van der Waals surface area contributed by atoms with Gasteiger partial charge in [0.15, 0.2) is 0 Å². The van der Waals surface area contributed by atoms with Gasteiger partial charge in [-0.25, -0.2) is 8.78 Å². The van der Waals surface area contributed by atoms with E-state index in [0.29, 0.717) is 15.8 Å². The first-order valence-corrected chi connectivity index (χ1v) is 6.11. The fourth-order valence-corrected chi connectivity index (χ4v) is 1.81. The Balaban J connectivity index is 2.34. The molecular weight excluding hydrogens is 325 g/mol. The van der Waals surface area contributed by atoms with Crippen LogP contribution >= 0.6 is 27.5 Å². The molecule has 18 heavy (non-hydrogen) atoms. The lowest BCUT2D eigenvalue weighted by Crippen LogP contribution is -1.98. The molecule has 0 aliphatic carbocycles. The number of nitrogens with two attached hydrogens (primary N) is 1. The highest BCUT2D eigenvalue weighted by molar-refractivity contribution is 9.10. The molecule has 0 aliphatic rings. The molecule has 0 unspecified atom stereocenters. The van der Waals surface area contributed by atoms with Crippen LogP contribution in [-0.2, 0) is 0 Å². The van der Waals surface area contributed by atoms with Crippen LogP contribution in [0.4, 0.5) is 25.8 Å². The van der Waals surface area contributed by atoms with Gasteiger partial charge in [0.05, 0.1) is 20.9 Å². The number of rotatable bonds is 2. The zero-order valence-corrected chi connectivity index (χ0v) is 11.3. The van der Waals surface area contributed by atoms with Crippen LogP contribution in [-0.4, -0.2) is 0 Å². The predicted octanol–water partition coefficient (Wildman–Crippen LogP) is 4.71. The summed E-state index contributed by atoms with van der Waals surface area (Å²) in [5.41, 5.74) is 6.75. The van der Waals surface area contributed by atoms with Gasteiger partial charge in [-0.2, -0.15) is 0 Å². The third-order valence-electron chi connectivity index (χ3n) is 2.29. The largest absolute Gasteiger partial charge is 0.397 e. The third kappa shape index (κ3) is 2.73. The van der Waals surface area contributed by atoms with Gasteiger partial charge >= 0.3 is 0 Å². The Bertz CT molecular complexity index is 605. The molecule has 2 nitrogen and oxygen atoms in total. The Morgan fingerprint density at radius 1 is 1.11 bits per heavy atom. The first-order valence-electron chi connectivity index (χ1n) is 4.94. The lowest BCUT2D eigenvalue weighted by atomic mass is 10.2. The van der Waals surface area contributed by atoms with E-state index in [9.17, 15) is 8.78 Å². The maximum absolute atomic E-state index is 13.3. The molecule has 6 heteroatoms. The van der Waals surface area contributed by atoms with Crippen molar-refractivity contribution in [3.63, 3.8) is 0 Å². The van der Waals surface area contributed by atoms with E-state index in [0.717, 1.165) is 6.07 Å². The van der Waals surface area contributed by atoms with Crippen molar-refractivity contribution in [1.82, 2.24) is 0 Å². The summed E-state index contributed by atoms with van der Waals surface area (Å²) < 4.78 is 26.8. The van der Waals surface area contributed by atoms with E-state index in [1.165, 1.54) is 12.1 Å². The molecule has 0 aromatic heterocycles. The quantitative estimate of drug-likeness (QED) is 0.781. The van der Waals surface area contributed by atoms with E-state index in [4.69, 9.17) is 17.3 Å². The Morgan fingerprint density at radius 3 is 2.50 bits per heavy atom. The van der Waals surface area contributed by atoms with Gasteiger partial charge in [0, 0.05) is 11.8 Å². The average molecular weight is 334 g/mol. The lowest BCUT2D eigenvalue weighted by molar-refractivity contribution is 0.621. The molecule has 0 bridgehead atoms. The van der Waals surface area contributed by atoms with E-state index in [2.05, 4.69) is 21.2 Å². The van der Waals surface area contributed by atoms with Gasteiger partial charge in [-0.15, -0.1) is 0 Å². The topological polar surface area (TPSA) is 38.0 Å². The third-order valence-corrected chi connectivity index (χ3v) is 3.22. The molecule has 0 fully saturated rings. The zero-order valence-electron chi connectivity index (χ0n) is 8.98. The molecule has 0 heterocycles. The monoisotopic (exact) mass is 332 g/mol. The average Bonchev–Trinajstić information content (AvgIpc) is 2.31. The summed E-state index contributed by atoms with van der Waals surface area (Å²) in [6.07, 6.45) is 0. The highest BCUT2D eigenvalue weighted by Crippen LogP contribution is 2.30. The van der Waals surface area contributed by atoms with Crippen LogP contribution in [0.15, 0.2) is 34.8 Å². The smallest absolute Gasteiger partial charge is 0.143 e. The molecule has 0 saturated carbocycles. The molecule has 0 spiro atoms. The van der Waals surface area contributed by atoms with Crippen molar-refractivity contribution in [1.29, 1.82) is 0 Å². The lowest BCUT2D eigenvalue weighted by Gasteiger charge is -2.10. The molecular formula is C12H8BrClF2N2. The standard InChI is InChI=1S/C12H8BrClF2N2/c13-7-2-1-6(3-9(7)15)18-12-4-8(14)10(16)5-11(12)17/h1-5,18H,17H2. The summed E-state index contributed by atoms with van der Waals surface area (Å²) in [7, 11) is 0. The van der Waals surface area contributed by atoms with Crippen LogP contribution in [0.1, 0.15) is 0 Å². The van der Waals surface area contributed by atoms with Crippen LogP contribution in [0.2, 0.25) is 5.02 Å². The number of nitrogen functional groups attached to an aromatic ring is 1. The summed E-state index contributed by atoms with van der Waals surface area (Å²) in [4.78, 5) is 0. The van der Waals surface area contributed by atoms with Crippen LogP contribution in [0.3, 0.4) is 0 Å². The fraction of sp³-hybridized carbons (Fsp3) is 0. The minimum Gasteiger partial charge on any atom is -0.397 e. The van der Waals surface area contributed by atoms with Crippen molar-refractivity contribution < 1.29 is 8.78 Å². The molecule has 0 amide bonds. The summed E-state index contributed by atoms with van der Waals surface area (Å²) in [6, 6.07) is 6.97. The normalized spacial score (nSPS) is 10.4. The number of anilines is 3. The highest BCUT2D eigenvalue weighted by atomic mass is 79.9. The van der Waals surface area contributed by atoms with Crippen molar-refractivity contribution in [2.75, 3.05) is 11.1 Å². The van der Waals surface area contributed by atoms with E-state index in [1.54, 1.807) is 12.1 Å². The summed E-state index contributed by atoms with van der Waals surface area (Å²) in [6.45, 7) is 0. The van der Waals surface area contributed by atoms with Crippen LogP contribution in [0.25, 0.3) is 0 Å². The van der Waals surface area contributed by atoms with Crippen LogP contribution in [0.5, 0.6) is 0 Å². The minimum absolute atomic E-state index is 0.0516. The Labute approximate surface area is 116 Å². The SMILES string of the molecule is Nc1cc(F)c(Cl)cc1Nc1ccc(Br)c(F)c1. The summed E-state index contributed by atoms with van der Waals surface area (Å²) in [5, 5.41) is 2.82. The summed E-state index contributed by atoms with van der Waals surface area (Å²) >= 11 is 8.71. The van der Waals surface area contributed by atoms with E-state index in [1.807, 2.05) is 0 Å². The molecule has 3 N–H and O–H groups in total. The number of hydrogen-bond acceptors (Lipinski definition) is 2. The molecule has 2 aromatic carbocycles. The first-order chi connectivity index (χ1) is 8.47. The van der Waals surface area contributed by atoms with Gasteiger partial charge in [0.2, 0.25) is 0 Å². The minimum atomic E-state index is -0.596. The maximum atomic E-state index is 13.3. The van der Waals surface area contributed by atoms with Gasteiger partial charge in [-0.05, 0) is 40.2 Å². The highest BCUT2D eigenvalue weighted by Gasteiger charge is 2.07. The van der Waals surface area contributed by atoms with Crippen molar-refractivity contribution in [2.45, 2.75) is 0 Å². The second-order valence-corrected chi connectivity index (χ2v) is 4.87. The van der Waals surface area contributed by atoms with E-state index in [-0.39, 0.29) is 10.7 Å². The first kappa shape index (κ1) is 13.1. The second-order valence-electron chi connectivity index (χ2n) is 3.61. The second kappa shape index (κ2) is 5.12. The van der Waals surface area contributed by atoms with Crippen molar-refractivity contribution in [3.8, 4) is 0 Å². The Kier molecular flexibility index (Phi) is 3.73. The molecule has 94 valence electrons. The number of hydrogen-bond donors (Lipinski definition) is 2. The van der Waals surface area contributed by atoms with Gasteiger partial charge < -0.3 is 11.1 Å². The number of nitrogens with one attached hydrogen (secondary N) is 1. The van der Waals surface area contributed by atoms with Crippen molar-refractivity contribution >= 4 is 44.6 Å². The van der Waals surface area contributed by atoms with Crippen LogP contribution in [0, 0.1) is 11.6 Å². The van der Waals surface area contributed by atoms with Gasteiger partial charge in [0.25, 0.3) is 0 Å². The maximum Gasteiger partial charge on any atom is 0.143 e. The Hall–Kier alpha value is -1.33. The molecule has 0 atom stereocenters. The molecule has 0 aliphatic heterocycles. The number of benzene rings is 2. The zero-order chi connectivity index (χ0) is 13.3. The number of halogens is 4. The van der Waals surface area contributed by atoms with Crippen molar-refractivity contribution in [2.24, 2.45) is 0 Å². The molecule has 2 aromatic rings. The predicted molar refractivity (Wildman–Crippen MR) is 73.2 cm³/mol. The van der Waals surface area contributed by atoms with Crippen LogP contribution < -0.4 is 11.1 Å². The van der Waals surface area contributed by atoms with Crippen molar-refractivity contribution in [3.05, 3.63) is 51.5 Å². The van der Waals surface area contributed by atoms with Gasteiger partial charge in [-0.3, -0.25) is 0 Å².